The van der Waals surface area contributed by atoms with E-state index in [-0.39, 0.29) is 5.41 Å². The highest BCUT2D eigenvalue weighted by atomic mass is 16.1. The van der Waals surface area contributed by atoms with E-state index in [0.29, 0.717) is 11.7 Å². The van der Waals surface area contributed by atoms with Crippen molar-refractivity contribution in [1.82, 2.24) is 0 Å². The number of carbonyl (C=O) groups excluding carboxylic acids is 1. The molecule has 1 nitrogen and oxygen atoms in total. The summed E-state index contributed by atoms with van der Waals surface area (Å²) in [7, 11) is 0. The highest BCUT2D eigenvalue weighted by molar-refractivity contribution is 5.90. The Hall–Kier alpha value is -0.590. The van der Waals surface area contributed by atoms with Crippen molar-refractivity contribution >= 4 is 5.78 Å². The average molecular weight is 178 g/mol. The third-order valence-electron chi connectivity index (χ3n) is 3.97. The van der Waals surface area contributed by atoms with Gasteiger partial charge in [-0.15, -0.1) is 0 Å². The predicted octanol–water partition coefficient (Wildman–Crippen LogP) is 3.10. The van der Waals surface area contributed by atoms with Crippen LogP contribution in [0.25, 0.3) is 0 Å². The Morgan fingerprint density at radius 2 is 2.15 bits per heavy atom. The zero-order valence-electron chi connectivity index (χ0n) is 8.44. The lowest BCUT2D eigenvalue weighted by Gasteiger charge is -2.36. The van der Waals surface area contributed by atoms with E-state index in [2.05, 4.69) is 13.5 Å². The Morgan fingerprint density at radius 1 is 1.38 bits per heavy atom. The standard InChI is InChI=1S/C12H18O/c1-9-6-7-10-5-3-4-8-12(9,2)11(10)13/h10H,1,3-8H2,2H3. The molecule has 0 amide bonds. The van der Waals surface area contributed by atoms with Crippen molar-refractivity contribution in [3.63, 3.8) is 0 Å². The van der Waals surface area contributed by atoms with Crippen LogP contribution in [-0.4, -0.2) is 5.78 Å². The molecule has 0 radical (unpaired) electrons. The van der Waals surface area contributed by atoms with Gasteiger partial charge in [0.05, 0.1) is 0 Å². The molecule has 0 spiro atoms. The first-order chi connectivity index (χ1) is 6.14. The van der Waals surface area contributed by atoms with E-state index in [4.69, 9.17) is 0 Å². The van der Waals surface area contributed by atoms with Gasteiger partial charge in [-0.3, -0.25) is 4.79 Å². The van der Waals surface area contributed by atoms with Crippen LogP contribution in [0.5, 0.6) is 0 Å². The number of Topliss-reactive ketones (excluding diaryl/α,β-unsaturated/α-hetero) is 1. The van der Waals surface area contributed by atoms with Gasteiger partial charge in [0.1, 0.15) is 5.78 Å². The Kier molecular flexibility index (Phi) is 2.05. The van der Waals surface area contributed by atoms with Crippen LogP contribution in [0, 0.1) is 11.3 Å². The van der Waals surface area contributed by atoms with Crippen molar-refractivity contribution in [2.45, 2.75) is 45.4 Å². The summed E-state index contributed by atoms with van der Waals surface area (Å²) in [5.74, 6) is 0.847. The molecule has 0 aromatic heterocycles. The van der Waals surface area contributed by atoms with Crippen LogP contribution in [0.15, 0.2) is 12.2 Å². The number of carbonyl (C=O) groups is 1. The molecule has 1 heteroatoms. The third kappa shape index (κ3) is 1.25. The molecule has 2 saturated carbocycles. The monoisotopic (exact) mass is 178 g/mol. The van der Waals surface area contributed by atoms with Crippen LogP contribution in [-0.2, 0) is 4.79 Å². The minimum atomic E-state index is -0.153. The first-order valence-corrected chi connectivity index (χ1v) is 5.37. The SMILES string of the molecule is C=C1CCC2CCCCC1(C)C2=O. The first-order valence-electron chi connectivity index (χ1n) is 5.37. The molecule has 0 aliphatic heterocycles. The van der Waals surface area contributed by atoms with E-state index < -0.39 is 0 Å². The lowest BCUT2D eigenvalue weighted by molar-refractivity contribution is -0.131. The van der Waals surface area contributed by atoms with Crippen molar-refractivity contribution in [2.75, 3.05) is 0 Å². The lowest BCUT2D eigenvalue weighted by Crippen LogP contribution is -2.37. The van der Waals surface area contributed by atoms with Crippen LogP contribution in [0.3, 0.4) is 0 Å². The van der Waals surface area contributed by atoms with Gasteiger partial charge in [0.2, 0.25) is 0 Å². The van der Waals surface area contributed by atoms with Gasteiger partial charge in [0, 0.05) is 11.3 Å². The number of allylic oxidation sites excluding steroid dienone is 1. The molecule has 2 unspecified atom stereocenters. The van der Waals surface area contributed by atoms with Crippen molar-refractivity contribution < 1.29 is 4.79 Å². The van der Waals surface area contributed by atoms with Gasteiger partial charge in [-0.05, 0) is 32.6 Å². The fourth-order valence-corrected chi connectivity index (χ4v) is 2.82. The van der Waals surface area contributed by atoms with Gasteiger partial charge < -0.3 is 0 Å². The highest BCUT2D eigenvalue weighted by Gasteiger charge is 2.44. The molecule has 2 bridgehead atoms. The molecule has 2 aliphatic carbocycles. The number of fused-ring (bicyclic) bond motifs is 2. The van der Waals surface area contributed by atoms with E-state index >= 15 is 0 Å². The average Bonchev–Trinajstić information content (AvgIpc) is 2.19. The summed E-state index contributed by atoms with van der Waals surface area (Å²) in [5, 5.41) is 0. The summed E-state index contributed by atoms with van der Waals surface area (Å²) >= 11 is 0. The van der Waals surface area contributed by atoms with Crippen LogP contribution >= 0.6 is 0 Å². The number of hydrogen-bond acceptors (Lipinski definition) is 1. The molecular formula is C12H18O. The van der Waals surface area contributed by atoms with Gasteiger partial charge in [0.25, 0.3) is 0 Å². The van der Waals surface area contributed by atoms with Crippen molar-refractivity contribution in [3.05, 3.63) is 12.2 Å². The first kappa shape index (κ1) is 8.98. The lowest BCUT2D eigenvalue weighted by atomic mass is 9.66. The number of rotatable bonds is 0. The highest BCUT2D eigenvalue weighted by Crippen LogP contribution is 2.46. The molecular weight excluding hydrogens is 160 g/mol. The molecule has 0 N–H and O–H groups in total. The maximum atomic E-state index is 12.1. The summed E-state index contributed by atoms with van der Waals surface area (Å²) in [6, 6.07) is 0. The number of ketones is 1. The molecule has 0 heterocycles. The van der Waals surface area contributed by atoms with Crippen LogP contribution in [0.2, 0.25) is 0 Å². The van der Waals surface area contributed by atoms with Gasteiger partial charge in [-0.1, -0.05) is 25.0 Å². The summed E-state index contributed by atoms with van der Waals surface area (Å²) in [5.41, 5.74) is 1.04. The van der Waals surface area contributed by atoms with Gasteiger partial charge in [0.15, 0.2) is 0 Å². The van der Waals surface area contributed by atoms with Crippen molar-refractivity contribution in [3.8, 4) is 0 Å². The Labute approximate surface area is 80.2 Å². The molecule has 0 aromatic carbocycles. The fraction of sp³-hybridized carbons (Fsp3) is 0.750. The Morgan fingerprint density at radius 3 is 2.92 bits per heavy atom. The van der Waals surface area contributed by atoms with E-state index in [1.54, 1.807) is 0 Å². The van der Waals surface area contributed by atoms with Crippen LogP contribution in [0.4, 0.5) is 0 Å². The number of hydrogen-bond donors (Lipinski definition) is 0. The summed E-state index contributed by atoms with van der Waals surface area (Å²) < 4.78 is 0. The quantitative estimate of drug-likeness (QED) is 0.521. The van der Waals surface area contributed by atoms with E-state index in [9.17, 15) is 4.79 Å². The Bertz CT molecular complexity index is 254. The van der Waals surface area contributed by atoms with Gasteiger partial charge in [-0.25, -0.2) is 0 Å². The Balaban J connectivity index is 2.34. The zero-order valence-corrected chi connectivity index (χ0v) is 8.44. The minimum Gasteiger partial charge on any atom is -0.298 e. The second-order valence-corrected chi connectivity index (χ2v) is 4.78. The second-order valence-electron chi connectivity index (χ2n) is 4.78. The smallest absolute Gasteiger partial charge is 0.145 e. The van der Waals surface area contributed by atoms with Crippen molar-refractivity contribution in [2.24, 2.45) is 11.3 Å². The fourth-order valence-electron chi connectivity index (χ4n) is 2.82. The molecule has 2 aliphatic rings. The summed E-state index contributed by atoms with van der Waals surface area (Å²) in [6.45, 7) is 6.18. The molecule has 2 fully saturated rings. The van der Waals surface area contributed by atoms with Crippen LogP contribution in [0.1, 0.15) is 45.4 Å². The van der Waals surface area contributed by atoms with Gasteiger partial charge >= 0.3 is 0 Å². The molecule has 72 valence electrons. The maximum absolute atomic E-state index is 12.1. The molecule has 0 aromatic rings. The molecule has 13 heavy (non-hydrogen) atoms. The van der Waals surface area contributed by atoms with E-state index in [0.717, 1.165) is 25.7 Å². The molecule has 2 rings (SSSR count). The van der Waals surface area contributed by atoms with Crippen LogP contribution < -0.4 is 0 Å². The minimum absolute atomic E-state index is 0.153. The third-order valence-corrected chi connectivity index (χ3v) is 3.97. The van der Waals surface area contributed by atoms with Gasteiger partial charge in [-0.2, -0.15) is 0 Å². The largest absolute Gasteiger partial charge is 0.298 e. The summed E-state index contributed by atoms with van der Waals surface area (Å²) in [6.07, 6.45) is 6.75. The molecule has 2 atom stereocenters. The normalized spacial score (nSPS) is 40.2. The maximum Gasteiger partial charge on any atom is 0.145 e. The predicted molar refractivity (Wildman–Crippen MR) is 53.4 cm³/mol. The summed E-state index contributed by atoms with van der Waals surface area (Å²) in [4.78, 5) is 12.1. The molecule has 0 saturated heterocycles. The van der Waals surface area contributed by atoms with Crippen molar-refractivity contribution in [1.29, 1.82) is 0 Å². The second kappa shape index (κ2) is 2.97. The topological polar surface area (TPSA) is 17.1 Å². The van der Waals surface area contributed by atoms with E-state index in [1.807, 2.05) is 0 Å². The van der Waals surface area contributed by atoms with E-state index in [1.165, 1.54) is 18.4 Å². The zero-order chi connectivity index (χ0) is 9.47.